The van der Waals surface area contributed by atoms with Gasteiger partial charge in [0.25, 0.3) is 0 Å². The molecule has 1 amide bonds. The van der Waals surface area contributed by atoms with Crippen molar-refractivity contribution in [2.24, 2.45) is 0 Å². The third kappa shape index (κ3) is 5.30. The molecule has 4 aromatic rings. The number of carboxylic acids is 1. The highest BCUT2D eigenvalue weighted by Crippen LogP contribution is 2.65. The largest absolute Gasteiger partial charge is 0.490 e. The van der Waals surface area contributed by atoms with Gasteiger partial charge in [-0.3, -0.25) is 14.8 Å². The summed E-state index contributed by atoms with van der Waals surface area (Å²) in [5.41, 5.74) is 7.37. The van der Waals surface area contributed by atoms with Crippen molar-refractivity contribution in [2.45, 2.75) is 43.3 Å². The molecule has 3 aliphatic rings. The number of alkyl halides is 3. The Morgan fingerprint density at radius 3 is 2.48 bits per heavy atom. The van der Waals surface area contributed by atoms with E-state index in [0.29, 0.717) is 0 Å². The number of rotatable bonds is 5. The molecule has 1 saturated heterocycles. The molecule has 2 atom stereocenters. The summed E-state index contributed by atoms with van der Waals surface area (Å²) in [5, 5.41) is 19.1. The predicted octanol–water partition coefficient (Wildman–Crippen LogP) is 6.34. The lowest BCUT2D eigenvalue weighted by Gasteiger charge is -2.14. The molecule has 1 spiro atoms. The molecule has 0 bridgehead atoms. The molecule has 1 aliphatic carbocycles. The topological polar surface area (TPSA) is 98.3 Å². The van der Waals surface area contributed by atoms with E-state index in [-0.39, 0.29) is 11.8 Å². The predicted molar refractivity (Wildman–Crippen MR) is 154 cm³/mol. The summed E-state index contributed by atoms with van der Waals surface area (Å²) in [4.78, 5) is 24.3. The average Bonchev–Trinajstić information content (AvgIpc) is 3.21. The number of likely N-dealkylation sites (tertiary alicyclic amines) is 1. The number of hydrogen-bond donors (Lipinski definition) is 3. The number of para-hydroxylation sites is 1. The molecule has 7 rings (SSSR count). The van der Waals surface area contributed by atoms with Gasteiger partial charge in [0, 0.05) is 23.5 Å². The van der Waals surface area contributed by atoms with E-state index in [4.69, 9.17) is 9.90 Å². The number of amides is 1. The van der Waals surface area contributed by atoms with Crippen LogP contribution in [0, 0.1) is 0 Å². The molecule has 216 valence electrons. The molecule has 3 heterocycles. The number of aliphatic carboxylic acids is 1. The fourth-order valence-corrected chi connectivity index (χ4v) is 6.06. The molecule has 7 nitrogen and oxygen atoms in total. The maximum absolute atomic E-state index is 12.9. The number of carboxylic acid groups (broad SMARTS) is 1. The molecule has 2 aliphatic heterocycles. The van der Waals surface area contributed by atoms with E-state index >= 15 is 0 Å². The van der Waals surface area contributed by atoms with Crippen LogP contribution in [0.2, 0.25) is 0 Å². The van der Waals surface area contributed by atoms with Gasteiger partial charge in [-0.25, -0.2) is 4.79 Å². The Labute approximate surface area is 240 Å². The summed E-state index contributed by atoms with van der Waals surface area (Å²) in [6.45, 7) is 3.49. The first-order chi connectivity index (χ1) is 20.1. The summed E-state index contributed by atoms with van der Waals surface area (Å²) in [6, 6.07) is 23.4. The molecule has 0 unspecified atom stereocenters. The number of carbonyl (C=O) groups excluding carboxylic acids is 1. The Kier molecular flexibility index (Phi) is 7.10. The second-order valence-corrected chi connectivity index (χ2v) is 11.0. The maximum Gasteiger partial charge on any atom is 0.490 e. The lowest BCUT2D eigenvalue weighted by molar-refractivity contribution is -0.192. The third-order valence-corrected chi connectivity index (χ3v) is 8.30. The number of nitrogens with zero attached hydrogens (tertiary/aromatic N) is 2. The van der Waals surface area contributed by atoms with Crippen molar-refractivity contribution in [3.63, 3.8) is 0 Å². The SMILES string of the molecule is O=C(O)C(F)(F)F.O=C1Nc2ccccc2[C@]12C[C@H]2c1ccc2c(C=Cc3ccc(CN4CCCC4)cc3)n[nH]c2c1. The molecule has 0 radical (unpaired) electrons. The van der Waals surface area contributed by atoms with Crippen LogP contribution >= 0.6 is 0 Å². The second-order valence-electron chi connectivity index (χ2n) is 11.0. The first-order valence-corrected chi connectivity index (χ1v) is 13.8. The first kappa shape index (κ1) is 27.7. The summed E-state index contributed by atoms with van der Waals surface area (Å²) in [5.74, 6) is -2.42. The minimum Gasteiger partial charge on any atom is -0.475 e. The van der Waals surface area contributed by atoms with Gasteiger partial charge in [-0.15, -0.1) is 0 Å². The number of carbonyl (C=O) groups is 2. The van der Waals surface area contributed by atoms with Crippen LogP contribution in [0.3, 0.4) is 0 Å². The van der Waals surface area contributed by atoms with Gasteiger partial charge in [0.1, 0.15) is 0 Å². The molecule has 10 heteroatoms. The molecule has 3 aromatic carbocycles. The highest BCUT2D eigenvalue weighted by Gasteiger charge is 2.65. The number of H-pyrrole nitrogens is 1. The normalized spacial score (nSPS) is 21.4. The van der Waals surface area contributed by atoms with Crippen LogP contribution in [0.5, 0.6) is 0 Å². The number of benzene rings is 3. The molecule has 2 fully saturated rings. The van der Waals surface area contributed by atoms with Crippen molar-refractivity contribution in [2.75, 3.05) is 18.4 Å². The van der Waals surface area contributed by atoms with Gasteiger partial charge in [0.15, 0.2) is 0 Å². The molecule has 42 heavy (non-hydrogen) atoms. The van der Waals surface area contributed by atoms with Crippen molar-refractivity contribution < 1.29 is 27.9 Å². The van der Waals surface area contributed by atoms with Crippen molar-refractivity contribution in [3.05, 3.63) is 94.7 Å². The zero-order valence-corrected chi connectivity index (χ0v) is 22.6. The number of hydrogen-bond acceptors (Lipinski definition) is 4. The summed E-state index contributed by atoms with van der Waals surface area (Å²) in [7, 11) is 0. The average molecular weight is 575 g/mol. The summed E-state index contributed by atoms with van der Waals surface area (Å²) in [6.07, 6.45) is 2.62. The Morgan fingerprint density at radius 1 is 1.05 bits per heavy atom. The van der Waals surface area contributed by atoms with Crippen LogP contribution in [0.25, 0.3) is 23.1 Å². The monoisotopic (exact) mass is 574 g/mol. The van der Waals surface area contributed by atoms with Crippen LogP contribution in [0.1, 0.15) is 53.1 Å². The van der Waals surface area contributed by atoms with Crippen molar-refractivity contribution in [3.8, 4) is 0 Å². The minimum atomic E-state index is -5.08. The highest BCUT2D eigenvalue weighted by atomic mass is 19.4. The fraction of sp³-hybridized carbons (Fsp3) is 0.281. The van der Waals surface area contributed by atoms with Gasteiger partial charge >= 0.3 is 12.1 Å². The van der Waals surface area contributed by atoms with Crippen LogP contribution in [-0.4, -0.2) is 51.3 Å². The zero-order chi connectivity index (χ0) is 29.5. The van der Waals surface area contributed by atoms with E-state index in [1.54, 1.807) is 0 Å². The number of aromatic nitrogens is 2. The van der Waals surface area contributed by atoms with Crippen LogP contribution in [-0.2, 0) is 21.5 Å². The van der Waals surface area contributed by atoms with Crippen LogP contribution < -0.4 is 5.32 Å². The lowest BCUT2D eigenvalue weighted by Crippen LogP contribution is -2.21. The Morgan fingerprint density at radius 2 is 1.76 bits per heavy atom. The van der Waals surface area contributed by atoms with E-state index in [1.807, 2.05) is 18.2 Å². The lowest BCUT2D eigenvalue weighted by atomic mass is 9.92. The van der Waals surface area contributed by atoms with Crippen LogP contribution in [0.15, 0.2) is 66.7 Å². The molecule has 3 N–H and O–H groups in total. The molecular formula is C32H29F3N4O3. The van der Waals surface area contributed by atoms with E-state index in [0.717, 1.165) is 40.8 Å². The van der Waals surface area contributed by atoms with Crippen molar-refractivity contribution in [1.29, 1.82) is 0 Å². The fourth-order valence-electron chi connectivity index (χ4n) is 6.06. The number of nitrogens with one attached hydrogen (secondary N) is 2. The first-order valence-electron chi connectivity index (χ1n) is 13.8. The zero-order valence-electron chi connectivity index (χ0n) is 22.6. The third-order valence-electron chi connectivity index (χ3n) is 8.30. The van der Waals surface area contributed by atoms with Gasteiger partial charge in [-0.1, -0.05) is 60.7 Å². The second kappa shape index (κ2) is 10.8. The Hall–Kier alpha value is -4.44. The van der Waals surface area contributed by atoms with Crippen LogP contribution in [0.4, 0.5) is 18.9 Å². The van der Waals surface area contributed by atoms with E-state index < -0.39 is 17.6 Å². The number of fused-ring (bicyclic) bond motifs is 3. The maximum atomic E-state index is 12.9. The summed E-state index contributed by atoms with van der Waals surface area (Å²) < 4.78 is 31.7. The number of anilines is 1. The minimum absolute atomic E-state index is 0.128. The van der Waals surface area contributed by atoms with Gasteiger partial charge in [-0.2, -0.15) is 18.3 Å². The highest BCUT2D eigenvalue weighted by molar-refractivity contribution is 6.09. The van der Waals surface area contributed by atoms with E-state index in [2.05, 4.69) is 81.1 Å². The van der Waals surface area contributed by atoms with E-state index in [1.165, 1.54) is 42.6 Å². The standard InChI is InChI=1S/C30H28N4O.C2HF3O2/c35-29-30(24-5-1-2-6-27(24)31-29)18-25(30)22-12-13-23-26(32-33-28(23)17-22)14-11-20-7-9-21(10-8-20)19-34-15-3-4-16-34;3-2(4,5)1(6)7/h1-2,5-14,17,25H,3-4,15-16,18-19H2,(H,31,35)(H,32,33);(H,6,7)/t25-,30-;/m0./s1. The molecule has 1 saturated carbocycles. The Bertz CT molecular complexity index is 1670. The number of aromatic amines is 1. The van der Waals surface area contributed by atoms with Gasteiger partial charge in [0.2, 0.25) is 5.91 Å². The van der Waals surface area contributed by atoms with Crippen molar-refractivity contribution >= 4 is 40.6 Å². The molecular weight excluding hydrogens is 545 g/mol. The molecule has 1 aromatic heterocycles. The smallest absolute Gasteiger partial charge is 0.475 e. The summed E-state index contributed by atoms with van der Waals surface area (Å²) >= 11 is 0. The van der Waals surface area contributed by atoms with Gasteiger partial charge < -0.3 is 10.4 Å². The van der Waals surface area contributed by atoms with Crippen molar-refractivity contribution in [1.82, 2.24) is 15.1 Å². The quantitative estimate of drug-likeness (QED) is 0.259. The Balaban J connectivity index is 0.000000405. The van der Waals surface area contributed by atoms with Gasteiger partial charge in [0.05, 0.1) is 16.6 Å². The number of halogens is 3. The van der Waals surface area contributed by atoms with Gasteiger partial charge in [-0.05, 0) is 72.8 Å². The van der Waals surface area contributed by atoms with E-state index in [9.17, 15) is 18.0 Å².